The normalized spacial score (nSPS) is 18.8. The quantitative estimate of drug-likeness (QED) is 0.545. The summed E-state index contributed by atoms with van der Waals surface area (Å²) in [6, 6.07) is 24.6. The van der Waals surface area contributed by atoms with E-state index in [1.54, 1.807) is 14.2 Å². The molecule has 2 amide bonds. The van der Waals surface area contributed by atoms with Crippen molar-refractivity contribution < 1.29 is 14.3 Å². The third-order valence-corrected chi connectivity index (χ3v) is 6.89. The molecule has 6 nitrogen and oxygen atoms in total. The summed E-state index contributed by atoms with van der Waals surface area (Å²) < 4.78 is 10.9. The van der Waals surface area contributed by atoms with E-state index in [1.165, 1.54) is 5.56 Å². The maximum Gasteiger partial charge on any atom is 0.322 e. The van der Waals surface area contributed by atoms with Crippen molar-refractivity contribution in [1.82, 2.24) is 9.80 Å². The second-order valence-corrected chi connectivity index (χ2v) is 8.97. The number of hydrogen-bond acceptors (Lipinski definition) is 4. The molecule has 2 aliphatic rings. The van der Waals surface area contributed by atoms with Gasteiger partial charge in [0.1, 0.15) is 11.5 Å². The lowest BCUT2D eigenvalue weighted by atomic mass is 9.90. The van der Waals surface area contributed by atoms with E-state index in [4.69, 9.17) is 9.47 Å². The number of methoxy groups -OCH3 is 2. The van der Waals surface area contributed by atoms with Gasteiger partial charge in [0, 0.05) is 43.0 Å². The lowest BCUT2D eigenvalue weighted by Crippen LogP contribution is -2.52. The fourth-order valence-electron chi connectivity index (χ4n) is 5.22. The van der Waals surface area contributed by atoms with Gasteiger partial charge in [-0.3, -0.25) is 4.90 Å². The van der Waals surface area contributed by atoms with Gasteiger partial charge in [-0.25, -0.2) is 4.79 Å². The molecule has 2 aliphatic heterocycles. The van der Waals surface area contributed by atoms with E-state index < -0.39 is 0 Å². The predicted molar refractivity (Wildman–Crippen MR) is 133 cm³/mol. The topological polar surface area (TPSA) is 54.0 Å². The highest BCUT2D eigenvalue weighted by Crippen LogP contribution is 2.40. The number of anilines is 1. The molecular formula is C28H31N3O3. The van der Waals surface area contributed by atoms with E-state index in [-0.39, 0.29) is 18.1 Å². The molecule has 0 spiro atoms. The van der Waals surface area contributed by atoms with E-state index in [0.29, 0.717) is 0 Å². The van der Waals surface area contributed by atoms with Crippen LogP contribution in [0.15, 0.2) is 72.8 Å². The van der Waals surface area contributed by atoms with Gasteiger partial charge < -0.3 is 19.7 Å². The number of fused-ring (bicyclic) bond motifs is 1. The average Bonchev–Trinajstić information content (AvgIpc) is 2.88. The van der Waals surface area contributed by atoms with Gasteiger partial charge in [-0.2, -0.15) is 0 Å². The summed E-state index contributed by atoms with van der Waals surface area (Å²) in [5, 5.41) is 3.13. The zero-order chi connectivity index (χ0) is 23.5. The van der Waals surface area contributed by atoms with E-state index in [2.05, 4.69) is 51.5 Å². The Morgan fingerprint density at radius 2 is 1.53 bits per heavy atom. The number of urea groups is 1. The van der Waals surface area contributed by atoms with Crippen LogP contribution in [0.4, 0.5) is 10.5 Å². The van der Waals surface area contributed by atoms with Gasteiger partial charge in [-0.15, -0.1) is 0 Å². The van der Waals surface area contributed by atoms with Gasteiger partial charge in [-0.1, -0.05) is 48.5 Å². The average molecular weight is 458 g/mol. The van der Waals surface area contributed by atoms with Gasteiger partial charge >= 0.3 is 6.03 Å². The summed E-state index contributed by atoms with van der Waals surface area (Å²) in [7, 11) is 3.35. The number of nitrogens with zero attached hydrogens (tertiary/aromatic N) is 2. The highest BCUT2D eigenvalue weighted by Gasteiger charge is 2.39. The van der Waals surface area contributed by atoms with Crippen LogP contribution in [0, 0.1) is 0 Å². The van der Waals surface area contributed by atoms with Gasteiger partial charge in [0.2, 0.25) is 0 Å². The van der Waals surface area contributed by atoms with E-state index in [9.17, 15) is 4.79 Å². The smallest absolute Gasteiger partial charge is 0.322 e. The molecule has 1 unspecified atom stereocenters. The second-order valence-electron chi connectivity index (χ2n) is 8.97. The maximum absolute atomic E-state index is 13.3. The highest BCUT2D eigenvalue weighted by atomic mass is 16.5. The zero-order valence-corrected chi connectivity index (χ0v) is 19.7. The van der Waals surface area contributed by atoms with Crippen LogP contribution in [-0.4, -0.2) is 49.2 Å². The molecule has 6 heteroatoms. The number of para-hydroxylation sites is 1. The van der Waals surface area contributed by atoms with E-state index in [1.807, 2.05) is 36.4 Å². The molecular weight excluding hydrogens is 426 g/mol. The minimum atomic E-state index is -0.0784. The number of rotatable bonds is 6. The van der Waals surface area contributed by atoms with Gasteiger partial charge in [0.15, 0.2) is 0 Å². The lowest BCUT2D eigenvalue weighted by Gasteiger charge is -2.45. The third-order valence-electron chi connectivity index (χ3n) is 6.89. The zero-order valence-electron chi connectivity index (χ0n) is 19.7. The Morgan fingerprint density at radius 1 is 0.882 bits per heavy atom. The monoisotopic (exact) mass is 457 g/mol. The molecule has 0 bridgehead atoms. The Labute approximate surface area is 201 Å². The molecule has 1 atom stereocenters. The largest absolute Gasteiger partial charge is 0.497 e. The standard InChI is InChI=1S/C28H31N3O3/c1-33-23-16-20(17-24(18-23)34-2)19-30-14-12-22(13-15-30)31-27(21-8-4-3-5-9-21)25-10-6-7-11-26(25)29-28(31)32/h3-11,16-18,22,27H,12-15,19H2,1-2H3,(H,29,32). The van der Waals surface area contributed by atoms with E-state index >= 15 is 0 Å². The van der Waals surface area contributed by atoms with Crippen LogP contribution < -0.4 is 14.8 Å². The third kappa shape index (κ3) is 4.46. The number of carbonyl (C=O) groups is 1. The van der Waals surface area contributed by atoms with Crippen LogP contribution in [0.25, 0.3) is 0 Å². The minimum Gasteiger partial charge on any atom is -0.497 e. The van der Waals surface area contributed by atoms with E-state index in [0.717, 1.165) is 60.8 Å². The molecule has 34 heavy (non-hydrogen) atoms. The number of piperidine rings is 1. The molecule has 0 aromatic heterocycles. The number of nitrogens with one attached hydrogen (secondary N) is 1. The molecule has 2 heterocycles. The molecule has 3 aromatic rings. The molecule has 1 fully saturated rings. The van der Waals surface area contributed by atoms with Crippen LogP contribution in [0.5, 0.6) is 11.5 Å². The molecule has 1 N–H and O–H groups in total. The van der Waals surface area contributed by atoms with Crippen molar-refractivity contribution in [2.45, 2.75) is 31.5 Å². The summed E-state index contributed by atoms with van der Waals surface area (Å²) in [5.74, 6) is 1.61. The first kappa shape index (κ1) is 22.3. The summed E-state index contributed by atoms with van der Waals surface area (Å²) in [6.45, 7) is 2.69. The van der Waals surface area contributed by atoms with Crippen molar-refractivity contribution in [3.05, 3.63) is 89.5 Å². The number of carbonyl (C=O) groups excluding carboxylic acids is 1. The summed E-state index contributed by atoms with van der Waals surface area (Å²) >= 11 is 0. The molecule has 0 radical (unpaired) electrons. The van der Waals surface area contributed by atoms with Crippen LogP contribution in [0.3, 0.4) is 0 Å². The number of hydrogen-bond donors (Lipinski definition) is 1. The van der Waals surface area contributed by atoms with Crippen molar-refractivity contribution in [3.63, 3.8) is 0 Å². The SMILES string of the molecule is COc1cc(CN2CCC(N3C(=O)Nc4ccccc4C3c3ccccc3)CC2)cc(OC)c1. The van der Waals surface area contributed by atoms with Crippen LogP contribution in [0.2, 0.25) is 0 Å². The highest BCUT2D eigenvalue weighted by molar-refractivity contribution is 5.93. The summed E-state index contributed by atoms with van der Waals surface area (Å²) in [4.78, 5) is 17.8. The number of benzene rings is 3. The summed E-state index contributed by atoms with van der Waals surface area (Å²) in [6.07, 6.45) is 1.86. The van der Waals surface area contributed by atoms with Crippen LogP contribution in [-0.2, 0) is 6.54 Å². The summed E-state index contributed by atoms with van der Waals surface area (Å²) in [5.41, 5.74) is 4.37. The molecule has 5 rings (SSSR count). The van der Waals surface area contributed by atoms with Gasteiger partial charge in [0.05, 0.1) is 20.3 Å². The first-order valence-corrected chi connectivity index (χ1v) is 11.8. The fourth-order valence-corrected chi connectivity index (χ4v) is 5.22. The Morgan fingerprint density at radius 3 is 2.21 bits per heavy atom. The Hall–Kier alpha value is -3.51. The number of amides is 2. The predicted octanol–water partition coefficient (Wildman–Crippen LogP) is 5.31. The number of ether oxygens (including phenoxy) is 2. The van der Waals surface area contributed by atoms with Crippen molar-refractivity contribution in [2.24, 2.45) is 0 Å². The van der Waals surface area contributed by atoms with Crippen molar-refractivity contribution in [1.29, 1.82) is 0 Å². The molecule has 0 saturated carbocycles. The first-order chi connectivity index (χ1) is 16.7. The maximum atomic E-state index is 13.3. The fraction of sp³-hybridized carbons (Fsp3) is 0.321. The molecule has 1 saturated heterocycles. The Bertz CT molecular complexity index is 1120. The van der Waals surface area contributed by atoms with Crippen molar-refractivity contribution in [3.8, 4) is 11.5 Å². The van der Waals surface area contributed by atoms with Crippen LogP contribution in [0.1, 0.15) is 35.6 Å². The lowest BCUT2D eigenvalue weighted by molar-refractivity contribution is 0.105. The molecule has 3 aromatic carbocycles. The van der Waals surface area contributed by atoms with Crippen molar-refractivity contribution >= 4 is 11.7 Å². The first-order valence-electron chi connectivity index (χ1n) is 11.8. The second kappa shape index (κ2) is 9.77. The number of likely N-dealkylation sites (tertiary alicyclic amines) is 1. The minimum absolute atomic E-state index is 0.0106. The van der Waals surface area contributed by atoms with Gasteiger partial charge in [0.25, 0.3) is 0 Å². The van der Waals surface area contributed by atoms with Gasteiger partial charge in [-0.05, 0) is 42.2 Å². The van der Waals surface area contributed by atoms with Crippen LogP contribution >= 0.6 is 0 Å². The molecule has 176 valence electrons. The molecule has 0 aliphatic carbocycles. The Kier molecular flexibility index (Phi) is 6.41. The Balaban J connectivity index is 1.34. The van der Waals surface area contributed by atoms with Crippen molar-refractivity contribution in [2.75, 3.05) is 32.6 Å².